The minimum Gasteiger partial charge on any atom is -0.459 e. The van der Waals surface area contributed by atoms with E-state index in [4.69, 9.17) is 4.74 Å². The number of hydrogen-bond acceptors (Lipinski definition) is 4. The van der Waals surface area contributed by atoms with Gasteiger partial charge in [-0.25, -0.2) is 4.79 Å². The second kappa shape index (κ2) is 5.19. The maximum absolute atomic E-state index is 10.9. The normalized spacial score (nSPS) is 10.1. The highest BCUT2D eigenvalue weighted by molar-refractivity contribution is 8.00. The van der Waals surface area contributed by atoms with Crippen LogP contribution in [0.2, 0.25) is 0 Å². The van der Waals surface area contributed by atoms with Crippen molar-refractivity contribution in [3.63, 3.8) is 0 Å². The lowest BCUT2D eigenvalue weighted by molar-refractivity contribution is -0.142. The van der Waals surface area contributed by atoms with E-state index in [1.807, 2.05) is 30.3 Å². The van der Waals surface area contributed by atoms with Gasteiger partial charge in [-0.15, -0.1) is 0 Å². The molecule has 0 spiro atoms. The van der Waals surface area contributed by atoms with Crippen LogP contribution in [0, 0.1) is 0 Å². The van der Waals surface area contributed by atoms with Gasteiger partial charge in [-0.3, -0.25) is 0 Å². The predicted octanol–water partition coefficient (Wildman–Crippen LogP) is 1.92. The van der Waals surface area contributed by atoms with Crippen molar-refractivity contribution < 1.29 is 9.53 Å². The fourth-order valence-electron chi connectivity index (χ4n) is 0.803. The number of esters is 1. The smallest absolute Gasteiger partial charge is 0.329 e. The van der Waals surface area contributed by atoms with Crippen LogP contribution in [0.25, 0.3) is 0 Å². The van der Waals surface area contributed by atoms with Gasteiger partial charge >= 0.3 is 5.97 Å². The lowest BCUT2D eigenvalue weighted by atomic mass is 10.2. The average molecular weight is 214 g/mol. The topological polar surface area (TPSA) is 26.3 Å². The highest BCUT2D eigenvalue weighted by Gasteiger charge is 2.09. The van der Waals surface area contributed by atoms with E-state index in [1.165, 1.54) is 0 Å². The predicted molar refractivity (Wildman–Crippen MR) is 58.0 cm³/mol. The Kier molecular flexibility index (Phi) is 4.18. The standard InChI is InChI=1S/C9H10O2S2/c10-8(9(12)13)11-6-7-4-2-1-3-5-7/h1-5,9,12-13H,6H2. The fraction of sp³-hybridized carbons (Fsp3) is 0.222. The molecule has 0 atom stereocenters. The summed E-state index contributed by atoms with van der Waals surface area (Å²) in [4.78, 5) is 10.9. The van der Waals surface area contributed by atoms with Crippen molar-refractivity contribution in [1.29, 1.82) is 0 Å². The molecule has 1 rings (SSSR count). The molecule has 0 saturated carbocycles. The van der Waals surface area contributed by atoms with Crippen molar-refractivity contribution >= 4 is 31.2 Å². The molecule has 0 fully saturated rings. The van der Waals surface area contributed by atoms with Crippen LogP contribution >= 0.6 is 25.3 Å². The van der Waals surface area contributed by atoms with Gasteiger partial charge in [-0.2, -0.15) is 25.3 Å². The van der Waals surface area contributed by atoms with Crippen LogP contribution in [0.1, 0.15) is 5.56 Å². The minimum atomic E-state index is -0.663. The van der Waals surface area contributed by atoms with E-state index >= 15 is 0 Å². The summed E-state index contributed by atoms with van der Waals surface area (Å²) in [5.74, 6) is -0.421. The van der Waals surface area contributed by atoms with Gasteiger partial charge in [0.05, 0.1) is 0 Å². The molecule has 0 aliphatic carbocycles. The number of ether oxygens (including phenoxy) is 1. The van der Waals surface area contributed by atoms with Gasteiger partial charge in [0.1, 0.15) is 11.2 Å². The van der Waals surface area contributed by atoms with E-state index in [0.717, 1.165) is 5.56 Å². The molecule has 70 valence electrons. The summed E-state index contributed by atoms with van der Waals surface area (Å²) in [6, 6.07) is 9.47. The van der Waals surface area contributed by atoms with Crippen LogP contribution in [0.5, 0.6) is 0 Å². The lowest BCUT2D eigenvalue weighted by Crippen LogP contribution is -2.12. The Bertz CT molecular complexity index is 272. The molecule has 0 unspecified atom stereocenters. The fourth-order valence-corrected chi connectivity index (χ4v) is 0.952. The third-order valence-electron chi connectivity index (χ3n) is 1.43. The molecular weight excluding hydrogens is 204 g/mol. The summed E-state index contributed by atoms with van der Waals surface area (Å²) < 4.78 is 4.23. The molecular formula is C9H10O2S2. The highest BCUT2D eigenvalue weighted by Crippen LogP contribution is 2.06. The number of rotatable bonds is 3. The first kappa shape index (κ1) is 10.5. The minimum absolute atomic E-state index is 0.275. The Morgan fingerprint density at radius 2 is 1.92 bits per heavy atom. The van der Waals surface area contributed by atoms with Gasteiger partial charge in [0.2, 0.25) is 0 Å². The van der Waals surface area contributed by atoms with Gasteiger partial charge < -0.3 is 4.74 Å². The van der Waals surface area contributed by atoms with Crippen LogP contribution < -0.4 is 0 Å². The second-order valence-corrected chi connectivity index (χ2v) is 3.91. The van der Waals surface area contributed by atoms with E-state index in [1.54, 1.807) is 0 Å². The Labute approximate surface area is 88.1 Å². The SMILES string of the molecule is O=C(OCc1ccccc1)C(S)S. The van der Waals surface area contributed by atoms with E-state index in [-0.39, 0.29) is 6.61 Å². The van der Waals surface area contributed by atoms with Gasteiger partial charge in [0.25, 0.3) is 0 Å². The zero-order valence-electron chi connectivity index (χ0n) is 6.88. The Morgan fingerprint density at radius 3 is 2.46 bits per heavy atom. The largest absolute Gasteiger partial charge is 0.459 e. The van der Waals surface area contributed by atoms with Gasteiger partial charge in [-0.1, -0.05) is 30.3 Å². The number of benzene rings is 1. The van der Waals surface area contributed by atoms with Crippen LogP contribution in [0.15, 0.2) is 30.3 Å². The zero-order valence-corrected chi connectivity index (χ0v) is 8.67. The summed E-state index contributed by atoms with van der Waals surface area (Å²) in [5, 5.41) is 0. The second-order valence-electron chi connectivity index (χ2n) is 2.47. The van der Waals surface area contributed by atoms with E-state index in [0.29, 0.717) is 0 Å². The monoisotopic (exact) mass is 214 g/mol. The Hall–Kier alpha value is -0.610. The molecule has 0 N–H and O–H groups in total. The molecule has 2 nitrogen and oxygen atoms in total. The summed E-state index contributed by atoms with van der Waals surface area (Å²) in [6.45, 7) is 0.275. The Morgan fingerprint density at radius 1 is 1.31 bits per heavy atom. The molecule has 0 saturated heterocycles. The molecule has 4 heteroatoms. The third kappa shape index (κ3) is 3.74. The maximum Gasteiger partial charge on any atom is 0.329 e. The first-order valence-electron chi connectivity index (χ1n) is 3.77. The van der Waals surface area contributed by atoms with Crippen molar-refractivity contribution in [1.82, 2.24) is 0 Å². The maximum atomic E-state index is 10.9. The molecule has 0 aromatic heterocycles. The molecule has 13 heavy (non-hydrogen) atoms. The summed E-state index contributed by atoms with van der Waals surface area (Å²) >= 11 is 7.66. The molecule has 0 aliphatic heterocycles. The first-order valence-corrected chi connectivity index (χ1v) is 4.80. The van der Waals surface area contributed by atoms with Gasteiger partial charge in [-0.05, 0) is 5.56 Å². The number of carbonyl (C=O) groups excluding carboxylic acids is 1. The quantitative estimate of drug-likeness (QED) is 0.457. The Balaban J connectivity index is 2.40. The van der Waals surface area contributed by atoms with Crippen LogP contribution in [-0.4, -0.2) is 10.6 Å². The van der Waals surface area contributed by atoms with E-state index in [9.17, 15) is 4.79 Å². The third-order valence-corrected chi connectivity index (χ3v) is 1.86. The van der Waals surface area contributed by atoms with Crippen LogP contribution in [-0.2, 0) is 16.1 Å². The molecule has 1 aromatic carbocycles. The average Bonchev–Trinajstić information content (AvgIpc) is 2.15. The van der Waals surface area contributed by atoms with E-state index < -0.39 is 10.6 Å². The van der Waals surface area contributed by atoms with Crippen molar-refractivity contribution in [3.05, 3.63) is 35.9 Å². The summed E-state index contributed by atoms with van der Waals surface area (Å²) in [5.41, 5.74) is 0.957. The summed E-state index contributed by atoms with van der Waals surface area (Å²) in [6.07, 6.45) is 0. The highest BCUT2D eigenvalue weighted by atomic mass is 32.2. The van der Waals surface area contributed by atoms with Crippen molar-refractivity contribution in [2.24, 2.45) is 0 Å². The van der Waals surface area contributed by atoms with Gasteiger partial charge in [0, 0.05) is 0 Å². The molecule has 0 aliphatic rings. The van der Waals surface area contributed by atoms with Crippen LogP contribution in [0.3, 0.4) is 0 Å². The molecule has 0 heterocycles. The van der Waals surface area contributed by atoms with Crippen molar-refractivity contribution in [3.8, 4) is 0 Å². The lowest BCUT2D eigenvalue weighted by Gasteiger charge is -2.05. The van der Waals surface area contributed by atoms with Crippen molar-refractivity contribution in [2.75, 3.05) is 0 Å². The number of thiol groups is 2. The van der Waals surface area contributed by atoms with Crippen LogP contribution in [0.4, 0.5) is 0 Å². The summed E-state index contributed by atoms with van der Waals surface area (Å²) in [7, 11) is 0. The van der Waals surface area contributed by atoms with Gasteiger partial charge in [0.15, 0.2) is 0 Å². The molecule has 0 amide bonds. The molecule has 0 bridgehead atoms. The zero-order chi connectivity index (χ0) is 9.68. The van der Waals surface area contributed by atoms with Crippen molar-refractivity contribution in [2.45, 2.75) is 11.2 Å². The number of hydrogen-bond donors (Lipinski definition) is 2. The van der Waals surface area contributed by atoms with E-state index in [2.05, 4.69) is 25.3 Å². The number of carbonyl (C=O) groups is 1. The molecule has 0 radical (unpaired) electrons. The first-order chi connectivity index (χ1) is 6.20. The molecule has 1 aromatic rings.